The van der Waals surface area contributed by atoms with Crippen LogP contribution in [0.2, 0.25) is 0 Å². The first-order valence-corrected chi connectivity index (χ1v) is 11.4. The number of fused-ring (bicyclic) bond motifs is 2. The van der Waals surface area contributed by atoms with Crippen LogP contribution in [-0.4, -0.2) is 51.3 Å². The highest BCUT2D eigenvalue weighted by Gasteiger charge is 2.34. The Labute approximate surface area is 170 Å². The molecule has 29 heavy (non-hydrogen) atoms. The molecule has 154 valence electrons. The summed E-state index contributed by atoms with van der Waals surface area (Å²) < 4.78 is 37.5. The lowest BCUT2D eigenvalue weighted by Gasteiger charge is -2.35. The molecule has 0 fully saturated rings. The van der Waals surface area contributed by atoms with Crippen molar-refractivity contribution in [2.75, 3.05) is 30.3 Å². The first-order chi connectivity index (χ1) is 13.8. The lowest BCUT2D eigenvalue weighted by molar-refractivity contribution is -0.132. The van der Waals surface area contributed by atoms with E-state index >= 15 is 0 Å². The molecule has 0 aliphatic carbocycles. The van der Waals surface area contributed by atoms with Gasteiger partial charge in [0.15, 0.2) is 11.5 Å². The number of rotatable bonds is 4. The van der Waals surface area contributed by atoms with Gasteiger partial charge in [0.05, 0.1) is 11.9 Å². The van der Waals surface area contributed by atoms with Gasteiger partial charge in [0, 0.05) is 19.2 Å². The Bertz CT molecular complexity index is 1040. The second-order valence-electron chi connectivity index (χ2n) is 7.34. The summed E-state index contributed by atoms with van der Waals surface area (Å²) >= 11 is 0. The molecule has 1 amide bonds. The maximum Gasteiger partial charge on any atom is 0.246 e. The van der Waals surface area contributed by atoms with E-state index < -0.39 is 16.1 Å². The molecule has 0 spiro atoms. The minimum atomic E-state index is -3.70. The third-order valence-electron chi connectivity index (χ3n) is 5.29. The van der Waals surface area contributed by atoms with Gasteiger partial charge in [-0.2, -0.15) is 0 Å². The topological polar surface area (TPSA) is 76.2 Å². The SMILES string of the molecule is C[C@H](C(=O)N1CCc2ccccc2C1)N(c1ccc2c(c1)OCCO2)S(C)(=O)=O. The molecule has 4 rings (SSSR count). The quantitative estimate of drug-likeness (QED) is 0.764. The minimum absolute atomic E-state index is 0.222. The predicted molar refractivity (Wildman–Crippen MR) is 110 cm³/mol. The first-order valence-electron chi connectivity index (χ1n) is 9.59. The molecule has 2 aliphatic rings. The van der Waals surface area contributed by atoms with Crippen LogP contribution < -0.4 is 13.8 Å². The van der Waals surface area contributed by atoms with Crippen molar-refractivity contribution in [1.29, 1.82) is 0 Å². The summed E-state index contributed by atoms with van der Waals surface area (Å²) in [5, 5.41) is 0. The van der Waals surface area contributed by atoms with Crippen molar-refractivity contribution in [1.82, 2.24) is 4.90 Å². The van der Waals surface area contributed by atoms with Crippen LogP contribution in [-0.2, 0) is 27.8 Å². The number of anilines is 1. The van der Waals surface area contributed by atoms with Gasteiger partial charge < -0.3 is 14.4 Å². The van der Waals surface area contributed by atoms with Crippen LogP contribution in [0.5, 0.6) is 11.5 Å². The second-order valence-corrected chi connectivity index (χ2v) is 9.20. The molecule has 0 saturated carbocycles. The summed E-state index contributed by atoms with van der Waals surface area (Å²) in [5.74, 6) is 0.828. The molecule has 0 bridgehead atoms. The fourth-order valence-electron chi connectivity index (χ4n) is 3.92. The van der Waals surface area contributed by atoms with E-state index in [0.29, 0.717) is 43.5 Å². The summed E-state index contributed by atoms with van der Waals surface area (Å²) in [7, 11) is -3.70. The van der Waals surface area contributed by atoms with Crippen LogP contribution in [0.3, 0.4) is 0 Å². The highest BCUT2D eigenvalue weighted by molar-refractivity contribution is 7.92. The zero-order valence-electron chi connectivity index (χ0n) is 16.5. The van der Waals surface area contributed by atoms with Crippen molar-refractivity contribution >= 4 is 21.6 Å². The average molecular weight is 416 g/mol. The smallest absolute Gasteiger partial charge is 0.246 e. The number of hydrogen-bond donors (Lipinski definition) is 0. The minimum Gasteiger partial charge on any atom is -0.486 e. The molecule has 0 unspecified atom stereocenters. The van der Waals surface area contributed by atoms with Crippen LogP contribution >= 0.6 is 0 Å². The van der Waals surface area contributed by atoms with Crippen LogP contribution in [0.25, 0.3) is 0 Å². The van der Waals surface area contributed by atoms with Crippen molar-refractivity contribution in [3.8, 4) is 11.5 Å². The number of hydrogen-bond acceptors (Lipinski definition) is 5. The molecule has 7 nitrogen and oxygen atoms in total. The fraction of sp³-hybridized carbons (Fsp3) is 0.381. The maximum absolute atomic E-state index is 13.2. The number of ether oxygens (including phenoxy) is 2. The van der Waals surface area contributed by atoms with Gasteiger partial charge in [-0.05, 0) is 36.6 Å². The van der Waals surface area contributed by atoms with Crippen LogP contribution in [0, 0.1) is 0 Å². The molecule has 8 heteroatoms. The highest BCUT2D eigenvalue weighted by atomic mass is 32.2. The molecule has 2 heterocycles. The lowest BCUT2D eigenvalue weighted by atomic mass is 9.99. The largest absolute Gasteiger partial charge is 0.486 e. The highest BCUT2D eigenvalue weighted by Crippen LogP contribution is 2.35. The molecule has 0 N–H and O–H groups in total. The predicted octanol–water partition coefficient (Wildman–Crippen LogP) is 2.20. The van der Waals surface area contributed by atoms with Gasteiger partial charge in [-0.3, -0.25) is 9.10 Å². The third-order valence-corrected chi connectivity index (χ3v) is 6.53. The van der Waals surface area contributed by atoms with E-state index in [4.69, 9.17) is 9.47 Å². The van der Waals surface area contributed by atoms with Crippen LogP contribution in [0.15, 0.2) is 42.5 Å². The molecular weight excluding hydrogens is 392 g/mol. The van der Waals surface area contributed by atoms with Gasteiger partial charge >= 0.3 is 0 Å². The summed E-state index contributed by atoms with van der Waals surface area (Å²) in [6.07, 6.45) is 1.87. The number of benzene rings is 2. The van der Waals surface area contributed by atoms with Crippen LogP contribution in [0.4, 0.5) is 5.69 Å². The molecule has 0 saturated heterocycles. The standard InChI is InChI=1S/C21H24N2O5S/c1-15(21(24)22-10-9-16-5-3-4-6-17(16)14-22)23(29(2,25)26)18-7-8-19-20(13-18)28-12-11-27-19/h3-8,13,15H,9-12,14H2,1-2H3/t15-/m1/s1. The van der Waals surface area contributed by atoms with Gasteiger partial charge in [0.1, 0.15) is 19.3 Å². The number of carbonyl (C=O) groups excluding carboxylic acids is 1. The molecular formula is C21H24N2O5S. The van der Waals surface area contributed by atoms with Crippen LogP contribution in [0.1, 0.15) is 18.1 Å². The molecule has 0 aromatic heterocycles. The van der Waals surface area contributed by atoms with E-state index in [9.17, 15) is 13.2 Å². The zero-order chi connectivity index (χ0) is 20.6. The zero-order valence-corrected chi connectivity index (χ0v) is 17.3. The summed E-state index contributed by atoms with van der Waals surface area (Å²) in [5.41, 5.74) is 2.72. The van der Waals surface area contributed by atoms with E-state index in [1.807, 2.05) is 18.2 Å². The normalized spacial score (nSPS) is 16.7. The third kappa shape index (κ3) is 3.89. The molecule has 2 aromatic carbocycles. The van der Waals surface area contributed by atoms with E-state index in [-0.39, 0.29) is 5.91 Å². The summed E-state index contributed by atoms with van der Waals surface area (Å²) in [4.78, 5) is 14.9. The van der Waals surface area contributed by atoms with Crippen molar-refractivity contribution in [3.63, 3.8) is 0 Å². The first kappa shape index (κ1) is 19.6. The Morgan fingerprint density at radius 2 is 1.76 bits per heavy atom. The Hall–Kier alpha value is -2.74. The van der Waals surface area contributed by atoms with E-state index in [0.717, 1.165) is 22.5 Å². The summed E-state index contributed by atoms with van der Waals surface area (Å²) in [6.45, 7) is 3.53. The number of carbonyl (C=O) groups is 1. The molecule has 0 radical (unpaired) electrons. The Kier molecular flexibility index (Phi) is 5.12. The van der Waals surface area contributed by atoms with Gasteiger partial charge in [0.2, 0.25) is 15.9 Å². The van der Waals surface area contributed by atoms with Crippen molar-refractivity contribution in [2.24, 2.45) is 0 Å². The van der Waals surface area contributed by atoms with Gasteiger partial charge in [-0.1, -0.05) is 24.3 Å². The Balaban J connectivity index is 1.61. The fourth-order valence-corrected chi connectivity index (χ4v) is 5.08. The Morgan fingerprint density at radius 3 is 2.48 bits per heavy atom. The monoisotopic (exact) mass is 416 g/mol. The second kappa shape index (κ2) is 7.59. The molecule has 2 aromatic rings. The van der Waals surface area contributed by atoms with Gasteiger partial charge in [-0.25, -0.2) is 8.42 Å². The van der Waals surface area contributed by atoms with Crippen molar-refractivity contribution < 1.29 is 22.7 Å². The van der Waals surface area contributed by atoms with E-state index in [1.165, 1.54) is 5.56 Å². The molecule has 2 aliphatic heterocycles. The van der Waals surface area contributed by atoms with E-state index in [2.05, 4.69) is 6.07 Å². The maximum atomic E-state index is 13.2. The van der Waals surface area contributed by atoms with E-state index in [1.54, 1.807) is 30.0 Å². The number of amides is 1. The van der Waals surface area contributed by atoms with Crippen molar-refractivity contribution in [3.05, 3.63) is 53.6 Å². The molecule has 1 atom stereocenters. The van der Waals surface area contributed by atoms with Crippen molar-refractivity contribution in [2.45, 2.75) is 25.9 Å². The number of nitrogens with zero attached hydrogens (tertiary/aromatic N) is 2. The Morgan fingerprint density at radius 1 is 1.07 bits per heavy atom. The lowest BCUT2D eigenvalue weighted by Crippen LogP contribution is -2.50. The average Bonchev–Trinajstić information content (AvgIpc) is 2.71. The number of sulfonamides is 1. The summed E-state index contributed by atoms with van der Waals surface area (Å²) in [6, 6.07) is 12.1. The van der Waals surface area contributed by atoms with Gasteiger partial charge in [0.25, 0.3) is 0 Å². The van der Waals surface area contributed by atoms with Gasteiger partial charge in [-0.15, -0.1) is 0 Å².